The summed E-state index contributed by atoms with van der Waals surface area (Å²) < 4.78 is 0. The van der Waals surface area contributed by atoms with Crippen molar-refractivity contribution in [2.75, 3.05) is 23.8 Å². The molecule has 0 saturated carbocycles. The Morgan fingerprint density at radius 1 is 1.24 bits per heavy atom. The predicted octanol–water partition coefficient (Wildman–Crippen LogP) is 2.89. The Morgan fingerprint density at radius 3 is 2.76 bits per heavy atom. The molecule has 2 aromatic heterocycles. The molecule has 2 aromatic rings. The lowest BCUT2D eigenvalue weighted by Gasteiger charge is -2.22. The fraction of sp³-hybridized carbons (Fsp3) is 0.438. The summed E-state index contributed by atoms with van der Waals surface area (Å²) >= 11 is 0. The molecule has 0 bridgehead atoms. The zero-order valence-electron chi connectivity index (χ0n) is 13.0. The lowest BCUT2D eigenvalue weighted by atomic mass is 10.1. The normalized spacial score (nSPS) is 10.4. The van der Waals surface area contributed by atoms with Crippen LogP contribution < -0.4 is 10.2 Å². The van der Waals surface area contributed by atoms with E-state index in [0.29, 0.717) is 0 Å². The van der Waals surface area contributed by atoms with Crippen LogP contribution in [0.5, 0.6) is 0 Å². The van der Waals surface area contributed by atoms with Crippen LogP contribution in [0.4, 0.5) is 11.6 Å². The maximum Gasteiger partial charge on any atom is 0.137 e. The first-order valence-electron chi connectivity index (χ1n) is 7.44. The van der Waals surface area contributed by atoms with E-state index < -0.39 is 0 Å². The molecule has 112 valence electrons. The van der Waals surface area contributed by atoms with Crippen molar-refractivity contribution in [3.63, 3.8) is 0 Å². The van der Waals surface area contributed by atoms with Gasteiger partial charge in [-0.15, -0.1) is 0 Å². The summed E-state index contributed by atoms with van der Waals surface area (Å²) in [4.78, 5) is 15.2. The molecule has 0 atom stereocenters. The van der Waals surface area contributed by atoms with E-state index in [4.69, 9.17) is 0 Å². The molecule has 1 N–H and O–H groups in total. The molecule has 2 heterocycles. The standard InChI is InChI=1S/C16H23N5/c1-4-7-14-15(18-5-2)19-12-20-16(14)21(3)11-13-8-6-9-17-10-13/h6,8-10,12H,4-5,7,11H2,1-3H3,(H,18,19,20). The van der Waals surface area contributed by atoms with Crippen LogP contribution in [0.2, 0.25) is 0 Å². The Kier molecular flexibility index (Phi) is 5.49. The first kappa shape index (κ1) is 15.2. The summed E-state index contributed by atoms with van der Waals surface area (Å²) in [7, 11) is 2.06. The number of nitrogens with zero attached hydrogens (tertiary/aromatic N) is 4. The fourth-order valence-corrected chi connectivity index (χ4v) is 2.37. The Morgan fingerprint density at radius 2 is 2.10 bits per heavy atom. The molecule has 0 aromatic carbocycles. The van der Waals surface area contributed by atoms with E-state index in [1.165, 1.54) is 11.1 Å². The third kappa shape index (κ3) is 3.90. The van der Waals surface area contributed by atoms with E-state index in [1.807, 2.05) is 12.3 Å². The van der Waals surface area contributed by atoms with Crippen LogP contribution in [0.25, 0.3) is 0 Å². The minimum absolute atomic E-state index is 0.785. The molecule has 0 unspecified atom stereocenters. The van der Waals surface area contributed by atoms with Crippen molar-refractivity contribution < 1.29 is 0 Å². The molecular formula is C16H23N5. The molecule has 0 radical (unpaired) electrons. The molecule has 5 heteroatoms. The maximum atomic E-state index is 4.49. The molecule has 0 spiro atoms. The second-order valence-corrected chi connectivity index (χ2v) is 5.02. The van der Waals surface area contributed by atoms with Gasteiger partial charge in [-0.05, 0) is 25.0 Å². The van der Waals surface area contributed by atoms with Crippen LogP contribution in [0.1, 0.15) is 31.4 Å². The van der Waals surface area contributed by atoms with Gasteiger partial charge in [0.05, 0.1) is 0 Å². The zero-order valence-corrected chi connectivity index (χ0v) is 13.0. The highest BCUT2D eigenvalue weighted by atomic mass is 15.2. The largest absolute Gasteiger partial charge is 0.370 e. The lowest BCUT2D eigenvalue weighted by molar-refractivity contribution is 0.840. The van der Waals surface area contributed by atoms with Crippen molar-refractivity contribution in [1.82, 2.24) is 15.0 Å². The Bertz CT molecular complexity index is 556. The number of nitrogens with one attached hydrogen (secondary N) is 1. The molecule has 21 heavy (non-hydrogen) atoms. The predicted molar refractivity (Wildman–Crippen MR) is 86.5 cm³/mol. The first-order chi connectivity index (χ1) is 10.3. The molecule has 0 aliphatic rings. The van der Waals surface area contributed by atoms with Crippen LogP contribution in [0, 0.1) is 0 Å². The molecule has 0 fully saturated rings. The molecule has 2 rings (SSSR count). The summed E-state index contributed by atoms with van der Waals surface area (Å²) in [6.07, 6.45) is 7.35. The van der Waals surface area contributed by atoms with Gasteiger partial charge < -0.3 is 10.2 Å². The molecule has 0 aliphatic carbocycles. The maximum absolute atomic E-state index is 4.49. The van der Waals surface area contributed by atoms with Gasteiger partial charge in [0.15, 0.2) is 0 Å². The highest BCUT2D eigenvalue weighted by Gasteiger charge is 2.14. The van der Waals surface area contributed by atoms with Crippen molar-refractivity contribution in [3.05, 3.63) is 42.0 Å². The molecule has 0 amide bonds. The Labute approximate surface area is 126 Å². The number of rotatable bonds is 7. The highest BCUT2D eigenvalue weighted by molar-refractivity contribution is 5.58. The molecule has 0 aliphatic heterocycles. The van der Waals surface area contributed by atoms with E-state index in [2.05, 4.69) is 52.1 Å². The van der Waals surface area contributed by atoms with Crippen molar-refractivity contribution in [2.45, 2.75) is 33.2 Å². The lowest BCUT2D eigenvalue weighted by Crippen LogP contribution is -2.21. The van der Waals surface area contributed by atoms with E-state index >= 15 is 0 Å². The average Bonchev–Trinajstić information content (AvgIpc) is 2.50. The number of anilines is 2. The number of hydrogen-bond acceptors (Lipinski definition) is 5. The van der Waals surface area contributed by atoms with Crippen molar-refractivity contribution >= 4 is 11.6 Å². The van der Waals surface area contributed by atoms with E-state index in [0.717, 1.165) is 37.6 Å². The third-order valence-electron chi connectivity index (χ3n) is 3.27. The summed E-state index contributed by atoms with van der Waals surface area (Å²) in [5.41, 5.74) is 2.36. The quantitative estimate of drug-likeness (QED) is 0.847. The second-order valence-electron chi connectivity index (χ2n) is 5.02. The van der Waals surface area contributed by atoms with Crippen LogP contribution in [0.15, 0.2) is 30.9 Å². The Hall–Kier alpha value is -2.17. The summed E-state index contributed by atoms with van der Waals surface area (Å²) in [5, 5.41) is 3.33. The van der Waals surface area contributed by atoms with Gasteiger partial charge in [-0.25, -0.2) is 9.97 Å². The van der Waals surface area contributed by atoms with E-state index in [-0.39, 0.29) is 0 Å². The topological polar surface area (TPSA) is 53.9 Å². The van der Waals surface area contributed by atoms with Crippen LogP contribution >= 0.6 is 0 Å². The van der Waals surface area contributed by atoms with E-state index in [9.17, 15) is 0 Å². The molecular weight excluding hydrogens is 262 g/mol. The van der Waals surface area contributed by atoms with Crippen molar-refractivity contribution in [3.8, 4) is 0 Å². The van der Waals surface area contributed by atoms with Gasteiger partial charge in [-0.2, -0.15) is 0 Å². The summed E-state index contributed by atoms with van der Waals surface area (Å²) in [6.45, 7) is 5.90. The van der Waals surface area contributed by atoms with Gasteiger partial charge in [0.1, 0.15) is 18.0 Å². The summed E-state index contributed by atoms with van der Waals surface area (Å²) in [5.74, 6) is 1.94. The van der Waals surface area contributed by atoms with Crippen molar-refractivity contribution in [2.24, 2.45) is 0 Å². The van der Waals surface area contributed by atoms with Gasteiger partial charge in [0.2, 0.25) is 0 Å². The SMILES string of the molecule is CCCc1c(NCC)ncnc1N(C)Cc1cccnc1. The number of hydrogen-bond donors (Lipinski definition) is 1. The second kappa shape index (κ2) is 7.57. The minimum Gasteiger partial charge on any atom is -0.370 e. The van der Waals surface area contributed by atoms with Gasteiger partial charge in [-0.3, -0.25) is 4.98 Å². The first-order valence-corrected chi connectivity index (χ1v) is 7.44. The smallest absolute Gasteiger partial charge is 0.137 e. The number of aromatic nitrogens is 3. The van der Waals surface area contributed by atoms with Crippen LogP contribution in [0.3, 0.4) is 0 Å². The third-order valence-corrected chi connectivity index (χ3v) is 3.27. The van der Waals surface area contributed by atoms with Crippen molar-refractivity contribution in [1.29, 1.82) is 0 Å². The van der Waals surface area contributed by atoms with Gasteiger partial charge >= 0.3 is 0 Å². The van der Waals surface area contributed by atoms with Gasteiger partial charge in [-0.1, -0.05) is 19.4 Å². The van der Waals surface area contributed by atoms with Crippen LogP contribution in [-0.4, -0.2) is 28.5 Å². The van der Waals surface area contributed by atoms with Crippen LogP contribution in [-0.2, 0) is 13.0 Å². The minimum atomic E-state index is 0.785. The average molecular weight is 285 g/mol. The zero-order chi connectivity index (χ0) is 15.1. The summed E-state index contributed by atoms with van der Waals surface area (Å²) in [6, 6.07) is 4.04. The number of pyridine rings is 1. The van der Waals surface area contributed by atoms with Gasteiger partial charge in [0.25, 0.3) is 0 Å². The molecule has 5 nitrogen and oxygen atoms in total. The van der Waals surface area contributed by atoms with E-state index in [1.54, 1.807) is 12.5 Å². The van der Waals surface area contributed by atoms with Gasteiger partial charge in [0, 0.05) is 38.1 Å². The Balaban J connectivity index is 2.26. The molecule has 0 saturated heterocycles. The fourth-order valence-electron chi connectivity index (χ4n) is 2.37. The highest BCUT2D eigenvalue weighted by Crippen LogP contribution is 2.25. The monoisotopic (exact) mass is 285 g/mol.